The van der Waals surface area contributed by atoms with Gasteiger partial charge in [0.15, 0.2) is 0 Å². The molecule has 0 aliphatic carbocycles. The zero-order valence-electron chi connectivity index (χ0n) is 10.5. The van der Waals surface area contributed by atoms with Crippen LogP contribution < -0.4 is 4.74 Å². The van der Waals surface area contributed by atoms with Crippen molar-refractivity contribution >= 4 is 27.5 Å². The molecule has 0 fully saturated rings. The molecule has 0 N–H and O–H groups in total. The quantitative estimate of drug-likeness (QED) is 0.698. The van der Waals surface area contributed by atoms with Crippen molar-refractivity contribution in [3.63, 3.8) is 0 Å². The lowest BCUT2D eigenvalue weighted by Crippen LogP contribution is -1.90. The molecule has 0 spiro atoms. The molecule has 0 heterocycles. The van der Waals surface area contributed by atoms with Crippen molar-refractivity contribution in [2.75, 3.05) is 7.11 Å². The molecule has 19 heavy (non-hydrogen) atoms. The Bertz CT molecular complexity index is 558. The van der Waals surface area contributed by atoms with Crippen molar-refractivity contribution < 1.29 is 9.47 Å². The second-order valence-electron chi connectivity index (χ2n) is 4.08. The summed E-state index contributed by atoms with van der Waals surface area (Å²) in [5, 5.41) is 1.38. The summed E-state index contributed by atoms with van der Waals surface area (Å²) < 4.78 is 10.9. The molecular weight excluding hydrogens is 328 g/mol. The third kappa shape index (κ3) is 3.96. The van der Waals surface area contributed by atoms with Gasteiger partial charge in [0.2, 0.25) is 0 Å². The fourth-order valence-corrected chi connectivity index (χ4v) is 2.29. The number of benzene rings is 2. The molecule has 0 bridgehead atoms. The Morgan fingerprint density at radius 3 is 2.63 bits per heavy atom. The third-order valence-electron chi connectivity index (χ3n) is 2.59. The van der Waals surface area contributed by atoms with E-state index >= 15 is 0 Å². The minimum atomic E-state index is 0.563. The number of ether oxygens (including phenoxy) is 2. The van der Waals surface area contributed by atoms with E-state index in [1.807, 2.05) is 42.5 Å². The van der Waals surface area contributed by atoms with Crippen LogP contribution in [0.3, 0.4) is 0 Å². The maximum Gasteiger partial charge on any atom is 0.146 e. The molecule has 0 amide bonds. The van der Waals surface area contributed by atoms with Crippen LogP contribution in [0.1, 0.15) is 11.1 Å². The molecule has 0 aromatic heterocycles. The molecule has 0 aliphatic heterocycles. The third-order valence-corrected chi connectivity index (χ3v) is 3.53. The lowest BCUT2D eigenvalue weighted by Gasteiger charge is -2.09. The van der Waals surface area contributed by atoms with Crippen LogP contribution in [-0.2, 0) is 16.7 Å². The second kappa shape index (κ2) is 6.94. The zero-order valence-corrected chi connectivity index (χ0v) is 12.9. The van der Waals surface area contributed by atoms with Gasteiger partial charge in [0.1, 0.15) is 11.5 Å². The van der Waals surface area contributed by atoms with Gasteiger partial charge in [-0.05, 0) is 35.4 Å². The van der Waals surface area contributed by atoms with Gasteiger partial charge in [-0.2, -0.15) is 0 Å². The van der Waals surface area contributed by atoms with E-state index in [9.17, 15) is 0 Å². The van der Waals surface area contributed by atoms with Crippen LogP contribution in [0.15, 0.2) is 42.5 Å². The van der Waals surface area contributed by atoms with E-state index in [4.69, 9.17) is 21.1 Å². The van der Waals surface area contributed by atoms with Gasteiger partial charge in [0.05, 0.1) is 11.6 Å². The molecule has 0 unspecified atom stereocenters. The molecule has 4 heteroatoms. The predicted molar refractivity (Wildman–Crippen MR) is 81.3 cm³/mol. The summed E-state index contributed by atoms with van der Waals surface area (Å²) in [6.45, 7) is 0.563. The van der Waals surface area contributed by atoms with Gasteiger partial charge in [-0.25, -0.2) is 0 Å². The standard InChI is InChI=1S/C15H14BrClO2/c1-18-10-12-3-2-4-13(7-12)19-15-6-5-11(9-16)8-14(15)17/h2-8H,9-10H2,1H3. The average Bonchev–Trinajstić information content (AvgIpc) is 2.42. The van der Waals surface area contributed by atoms with Gasteiger partial charge >= 0.3 is 0 Å². The fourth-order valence-electron chi connectivity index (χ4n) is 1.70. The van der Waals surface area contributed by atoms with Crippen molar-refractivity contribution in [1.29, 1.82) is 0 Å². The lowest BCUT2D eigenvalue weighted by molar-refractivity contribution is 0.184. The smallest absolute Gasteiger partial charge is 0.146 e. The first-order valence-corrected chi connectivity index (χ1v) is 7.33. The van der Waals surface area contributed by atoms with E-state index in [0.717, 1.165) is 22.2 Å². The SMILES string of the molecule is COCc1cccc(Oc2ccc(CBr)cc2Cl)c1. The minimum Gasteiger partial charge on any atom is -0.456 e. The number of methoxy groups -OCH3 is 1. The summed E-state index contributed by atoms with van der Waals surface area (Å²) >= 11 is 9.58. The van der Waals surface area contributed by atoms with Crippen LogP contribution >= 0.6 is 27.5 Å². The largest absolute Gasteiger partial charge is 0.456 e. The molecule has 2 aromatic rings. The van der Waals surface area contributed by atoms with E-state index in [0.29, 0.717) is 17.4 Å². The Morgan fingerprint density at radius 2 is 1.95 bits per heavy atom. The summed E-state index contributed by atoms with van der Waals surface area (Å²) in [7, 11) is 1.67. The molecular formula is C15H14BrClO2. The van der Waals surface area contributed by atoms with Gasteiger partial charge in [0, 0.05) is 12.4 Å². The van der Waals surface area contributed by atoms with Crippen LogP contribution in [-0.4, -0.2) is 7.11 Å². The van der Waals surface area contributed by atoms with E-state index in [1.165, 1.54) is 0 Å². The van der Waals surface area contributed by atoms with E-state index in [2.05, 4.69) is 15.9 Å². The second-order valence-corrected chi connectivity index (χ2v) is 5.05. The van der Waals surface area contributed by atoms with E-state index in [-0.39, 0.29) is 0 Å². The zero-order chi connectivity index (χ0) is 13.7. The molecule has 100 valence electrons. The molecule has 2 nitrogen and oxygen atoms in total. The summed E-state index contributed by atoms with van der Waals surface area (Å²) in [5.74, 6) is 1.41. The molecule has 2 aromatic carbocycles. The van der Waals surface area contributed by atoms with E-state index in [1.54, 1.807) is 7.11 Å². The van der Waals surface area contributed by atoms with Crippen LogP contribution in [0.2, 0.25) is 5.02 Å². The van der Waals surface area contributed by atoms with Crippen molar-refractivity contribution in [1.82, 2.24) is 0 Å². The average molecular weight is 342 g/mol. The van der Waals surface area contributed by atoms with Crippen LogP contribution in [0.4, 0.5) is 0 Å². The molecule has 0 saturated heterocycles. The van der Waals surface area contributed by atoms with Crippen LogP contribution in [0.25, 0.3) is 0 Å². The molecule has 0 aliphatic rings. The number of hydrogen-bond donors (Lipinski definition) is 0. The highest BCUT2D eigenvalue weighted by Gasteiger charge is 2.05. The summed E-state index contributed by atoms with van der Waals surface area (Å²) in [6, 6.07) is 13.5. The highest BCUT2D eigenvalue weighted by Crippen LogP contribution is 2.31. The van der Waals surface area contributed by atoms with Crippen LogP contribution in [0.5, 0.6) is 11.5 Å². The van der Waals surface area contributed by atoms with Gasteiger partial charge in [-0.3, -0.25) is 0 Å². The predicted octanol–water partition coefficient (Wildman–Crippen LogP) is 5.17. The first kappa shape index (κ1) is 14.4. The van der Waals surface area contributed by atoms with Crippen LogP contribution in [0, 0.1) is 0 Å². The van der Waals surface area contributed by atoms with Gasteiger partial charge in [0.25, 0.3) is 0 Å². The number of alkyl halides is 1. The van der Waals surface area contributed by atoms with Crippen molar-refractivity contribution in [2.24, 2.45) is 0 Å². The maximum absolute atomic E-state index is 6.19. The van der Waals surface area contributed by atoms with Crippen molar-refractivity contribution in [2.45, 2.75) is 11.9 Å². The van der Waals surface area contributed by atoms with Crippen molar-refractivity contribution in [3.8, 4) is 11.5 Å². The van der Waals surface area contributed by atoms with Gasteiger partial charge in [-0.1, -0.05) is 45.7 Å². The Kier molecular flexibility index (Phi) is 5.25. The first-order valence-electron chi connectivity index (χ1n) is 5.83. The van der Waals surface area contributed by atoms with E-state index < -0.39 is 0 Å². The summed E-state index contributed by atoms with van der Waals surface area (Å²) in [4.78, 5) is 0. The number of hydrogen-bond acceptors (Lipinski definition) is 2. The fraction of sp³-hybridized carbons (Fsp3) is 0.200. The topological polar surface area (TPSA) is 18.5 Å². The normalized spacial score (nSPS) is 10.5. The monoisotopic (exact) mass is 340 g/mol. The Labute approximate surface area is 126 Å². The Morgan fingerprint density at radius 1 is 1.11 bits per heavy atom. The highest BCUT2D eigenvalue weighted by atomic mass is 79.9. The lowest BCUT2D eigenvalue weighted by atomic mass is 10.2. The molecule has 0 atom stereocenters. The Hall–Kier alpha value is -1.03. The molecule has 0 radical (unpaired) electrons. The minimum absolute atomic E-state index is 0.563. The van der Waals surface area contributed by atoms with Gasteiger partial charge < -0.3 is 9.47 Å². The number of rotatable bonds is 5. The van der Waals surface area contributed by atoms with Gasteiger partial charge in [-0.15, -0.1) is 0 Å². The number of halogens is 2. The highest BCUT2D eigenvalue weighted by molar-refractivity contribution is 9.08. The Balaban J connectivity index is 2.18. The summed E-state index contributed by atoms with van der Waals surface area (Å²) in [5.41, 5.74) is 2.18. The first-order chi connectivity index (χ1) is 9.22. The maximum atomic E-state index is 6.19. The molecule has 2 rings (SSSR count). The molecule has 0 saturated carbocycles. The van der Waals surface area contributed by atoms with Crippen molar-refractivity contribution in [3.05, 3.63) is 58.6 Å². The summed E-state index contributed by atoms with van der Waals surface area (Å²) in [6.07, 6.45) is 0.